The van der Waals surface area contributed by atoms with Gasteiger partial charge in [-0.15, -0.1) is 0 Å². The minimum Gasteiger partial charge on any atom is -0.541 e. The van der Waals surface area contributed by atoms with Crippen LogP contribution in [0, 0.1) is 36.5 Å². The lowest BCUT2D eigenvalue weighted by atomic mass is 9.77. The largest absolute Gasteiger partial charge is 0.541 e. The van der Waals surface area contributed by atoms with Crippen molar-refractivity contribution in [1.29, 1.82) is 0 Å². The summed E-state index contributed by atoms with van der Waals surface area (Å²) in [5, 5.41) is 0.222. The average molecular weight is 924 g/mol. The van der Waals surface area contributed by atoms with Crippen LogP contribution in [0.5, 0.6) is 17.2 Å². The SMILES string of the molecule is COCOCc1c(OC)c(C)c(OC)c(O[Si](C)(C)C(C)(C)C)c1[C@@H]1O[C@H](CC[C@H](C)/C=C(\C)C[C@@H](C)C[C@H](C)CO[Si](C)(C)C(C)(C)C)[C@H](C)[C@H](O[Si](C)(C)C(C)(C)C)[C@H]1C. The Morgan fingerprint density at radius 1 is 0.742 bits per heavy atom. The molecular formula is C51H98O8Si3. The van der Waals surface area contributed by atoms with Gasteiger partial charge in [-0.3, -0.25) is 0 Å². The molecule has 0 aromatic heterocycles. The van der Waals surface area contributed by atoms with E-state index < -0.39 is 25.0 Å². The number of ether oxygens (including phenoxy) is 5. The number of rotatable bonds is 22. The van der Waals surface area contributed by atoms with Gasteiger partial charge in [0.05, 0.1) is 39.1 Å². The fraction of sp³-hybridized carbons (Fsp3) is 0.843. The molecule has 0 amide bonds. The van der Waals surface area contributed by atoms with Gasteiger partial charge in [-0.1, -0.05) is 109 Å². The topological polar surface area (TPSA) is 73.8 Å². The third kappa shape index (κ3) is 14.7. The Morgan fingerprint density at radius 3 is 1.79 bits per heavy atom. The van der Waals surface area contributed by atoms with Gasteiger partial charge >= 0.3 is 0 Å². The van der Waals surface area contributed by atoms with E-state index in [0.29, 0.717) is 23.5 Å². The molecule has 0 saturated carbocycles. The fourth-order valence-electron chi connectivity index (χ4n) is 8.30. The summed E-state index contributed by atoms with van der Waals surface area (Å²) in [6.45, 7) is 52.2. The van der Waals surface area contributed by atoms with E-state index in [0.717, 1.165) is 54.1 Å². The molecule has 2 rings (SSSR count). The summed E-state index contributed by atoms with van der Waals surface area (Å²) in [6, 6.07) is 0. The van der Waals surface area contributed by atoms with Crippen LogP contribution in [0.2, 0.25) is 54.4 Å². The van der Waals surface area contributed by atoms with E-state index in [-0.39, 0.29) is 58.7 Å². The molecule has 362 valence electrons. The van der Waals surface area contributed by atoms with E-state index in [1.807, 2.05) is 6.92 Å². The number of benzene rings is 1. The van der Waals surface area contributed by atoms with Crippen LogP contribution in [-0.4, -0.2) is 71.9 Å². The molecule has 1 saturated heterocycles. The first kappa shape index (κ1) is 56.9. The minimum absolute atomic E-state index is 0.00819. The Balaban J connectivity index is 2.64. The summed E-state index contributed by atoms with van der Waals surface area (Å²) >= 11 is 0. The zero-order valence-corrected chi connectivity index (χ0v) is 47.9. The quantitative estimate of drug-likeness (QED) is 0.0493. The highest BCUT2D eigenvalue weighted by Crippen LogP contribution is 2.55. The molecule has 1 aliphatic rings. The monoisotopic (exact) mass is 923 g/mol. The van der Waals surface area contributed by atoms with Crippen LogP contribution in [-0.2, 0) is 29.7 Å². The van der Waals surface area contributed by atoms with E-state index in [2.05, 4.69) is 149 Å². The Kier molecular flexibility index (Phi) is 20.7. The maximum atomic E-state index is 7.53. The van der Waals surface area contributed by atoms with Crippen molar-refractivity contribution in [3.63, 3.8) is 0 Å². The van der Waals surface area contributed by atoms with E-state index in [9.17, 15) is 0 Å². The summed E-state index contributed by atoms with van der Waals surface area (Å²) in [7, 11) is -1.24. The van der Waals surface area contributed by atoms with Crippen LogP contribution >= 0.6 is 0 Å². The zero-order chi connectivity index (χ0) is 48.0. The van der Waals surface area contributed by atoms with Crippen LogP contribution in [0.3, 0.4) is 0 Å². The Labute approximate surface area is 386 Å². The first-order valence-corrected chi connectivity index (χ1v) is 32.6. The lowest BCUT2D eigenvalue weighted by molar-refractivity contribution is -0.165. The van der Waals surface area contributed by atoms with Crippen LogP contribution < -0.4 is 13.9 Å². The van der Waals surface area contributed by atoms with Gasteiger partial charge < -0.3 is 37.0 Å². The molecular weight excluding hydrogens is 825 g/mol. The fourth-order valence-corrected chi connectivity index (χ4v) is 11.9. The number of allylic oxidation sites excluding steroid dienone is 2. The first-order chi connectivity index (χ1) is 28.2. The second kappa shape index (κ2) is 22.5. The predicted molar refractivity (Wildman–Crippen MR) is 270 cm³/mol. The maximum Gasteiger partial charge on any atom is 0.250 e. The second-order valence-corrected chi connectivity index (χ2v) is 38.3. The molecule has 11 heteroatoms. The molecule has 1 fully saturated rings. The molecule has 8 atom stereocenters. The van der Waals surface area contributed by atoms with Crippen LogP contribution in [0.4, 0.5) is 0 Å². The molecule has 62 heavy (non-hydrogen) atoms. The highest BCUT2D eigenvalue weighted by Gasteiger charge is 2.50. The normalized spacial score (nSPS) is 22.7. The lowest BCUT2D eigenvalue weighted by Gasteiger charge is -2.50. The highest BCUT2D eigenvalue weighted by atomic mass is 28.4. The summed E-state index contributed by atoms with van der Waals surface area (Å²) < 4.78 is 53.1. The molecule has 0 bridgehead atoms. The summed E-state index contributed by atoms with van der Waals surface area (Å²) in [6.07, 6.45) is 6.26. The zero-order valence-electron chi connectivity index (χ0n) is 44.9. The Hall–Kier alpha value is -1.19. The lowest BCUT2D eigenvalue weighted by Crippen LogP contribution is -2.53. The molecule has 0 aliphatic carbocycles. The molecule has 1 aliphatic heterocycles. The van der Waals surface area contributed by atoms with Gasteiger partial charge in [-0.25, -0.2) is 0 Å². The number of methoxy groups -OCH3 is 3. The maximum absolute atomic E-state index is 7.53. The summed E-state index contributed by atoms with van der Waals surface area (Å²) in [5.41, 5.74) is 4.21. The van der Waals surface area contributed by atoms with Crippen molar-refractivity contribution < 1.29 is 37.0 Å². The summed E-state index contributed by atoms with van der Waals surface area (Å²) in [5.74, 6) is 3.87. The standard InChI is InChI=1S/C51H98O8Si3/c1-34(28-35(2)29-36(3)30-37(4)31-56-60(20,21)49(8,9)10)26-27-42-38(5)44(58-61(22,23)50(11,12)13)39(6)46(57-42)43-41(32-55-33-52-17)45(53-18)40(7)47(54-19)48(43)59-62(24,25)51(14,15)16/h28,34,36-39,42,44,46H,26-27,29-33H2,1-25H3/b35-28+/t34-,36+,37-,38-,39+,42+,44-,46+/m0/s1. The van der Waals surface area contributed by atoms with Crippen LogP contribution in [0.15, 0.2) is 11.6 Å². The van der Waals surface area contributed by atoms with Gasteiger partial charge in [-0.05, 0) is 112 Å². The van der Waals surface area contributed by atoms with Gasteiger partial charge in [0.15, 0.2) is 28.1 Å². The smallest absolute Gasteiger partial charge is 0.250 e. The molecule has 8 nitrogen and oxygen atoms in total. The van der Waals surface area contributed by atoms with Crippen molar-refractivity contribution >= 4 is 25.0 Å². The van der Waals surface area contributed by atoms with Crippen LogP contribution in [0.1, 0.15) is 152 Å². The highest BCUT2D eigenvalue weighted by molar-refractivity contribution is 6.75. The Bertz CT molecular complexity index is 1580. The second-order valence-electron chi connectivity index (χ2n) is 24.0. The van der Waals surface area contributed by atoms with Crippen molar-refractivity contribution in [3.05, 3.63) is 28.3 Å². The molecule has 1 heterocycles. The third-order valence-corrected chi connectivity index (χ3v) is 28.5. The molecule has 1 aromatic rings. The van der Waals surface area contributed by atoms with E-state index in [1.54, 1.807) is 21.3 Å². The molecule has 0 N–H and O–H groups in total. The minimum atomic E-state index is -2.40. The van der Waals surface area contributed by atoms with Crippen LogP contribution in [0.25, 0.3) is 0 Å². The summed E-state index contributed by atoms with van der Waals surface area (Å²) in [4.78, 5) is 0. The van der Waals surface area contributed by atoms with E-state index in [1.165, 1.54) is 12.0 Å². The average Bonchev–Trinajstić information content (AvgIpc) is 3.11. The van der Waals surface area contributed by atoms with Gasteiger partial charge in [0, 0.05) is 42.2 Å². The molecule has 1 aromatic carbocycles. The van der Waals surface area contributed by atoms with Gasteiger partial charge in [0.25, 0.3) is 8.32 Å². The predicted octanol–water partition coefficient (Wildman–Crippen LogP) is 15.1. The van der Waals surface area contributed by atoms with Crippen molar-refractivity contribution in [1.82, 2.24) is 0 Å². The van der Waals surface area contributed by atoms with Crippen molar-refractivity contribution in [3.8, 4) is 17.2 Å². The van der Waals surface area contributed by atoms with Crippen molar-refractivity contribution in [2.75, 3.05) is 34.7 Å². The third-order valence-electron chi connectivity index (χ3n) is 15.2. The molecule has 0 radical (unpaired) electrons. The van der Waals surface area contributed by atoms with Gasteiger partial charge in [-0.2, -0.15) is 0 Å². The van der Waals surface area contributed by atoms with E-state index in [4.69, 9.17) is 37.0 Å². The number of hydrogen-bond donors (Lipinski definition) is 0. The molecule has 0 spiro atoms. The Morgan fingerprint density at radius 2 is 1.29 bits per heavy atom. The van der Waals surface area contributed by atoms with E-state index >= 15 is 0 Å². The number of hydrogen-bond acceptors (Lipinski definition) is 8. The van der Waals surface area contributed by atoms with Gasteiger partial charge in [0.2, 0.25) is 0 Å². The van der Waals surface area contributed by atoms with Gasteiger partial charge in [0.1, 0.15) is 12.5 Å². The van der Waals surface area contributed by atoms with Crippen molar-refractivity contribution in [2.45, 2.75) is 216 Å². The van der Waals surface area contributed by atoms with Crippen molar-refractivity contribution in [2.24, 2.45) is 29.6 Å². The first-order valence-electron chi connectivity index (χ1n) is 23.8. The molecule has 0 unspecified atom stereocenters.